The Labute approximate surface area is 352 Å². The molecule has 0 aromatic heterocycles. The Kier molecular flexibility index (Phi) is 52.8. The minimum atomic E-state index is -0.0211. The molecule has 0 aromatic carbocycles. The summed E-state index contributed by atoms with van der Waals surface area (Å²) in [7, 11) is 0. The Morgan fingerprint density at radius 2 is 0.667 bits per heavy atom. The van der Waals surface area contributed by atoms with Crippen LogP contribution in [0.1, 0.15) is 219 Å². The van der Waals surface area contributed by atoms with Gasteiger partial charge in [-0.25, -0.2) is 0 Å². The van der Waals surface area contributed by atoms with Crippen LogP contribution in [0.5, 0.6) is 0 Å². The first-order valence-electron chi connectivity index (χ1n) is 22.6. The molecule has 6 heteroatoms. The highest BCUT2D eigenvalue weighted by Gasteiger charge is 2.03. The Morgan fingerprint density at radius 1 is 0.370 bits per heavy atom. The molecule has 54 heavy (non-hydrogen) atoms. The monoisotopic (exact) mass is 884 g/mol. The van der Waals surface area contributed by atoms with Crippen molar-refractivity contribution in [2.45, 2.75) is 219 Å². The van der Waals surface area contributed by atoms with Gasteiger partial charge in [-0.2, -0.15) is 0 Å². The quantitative estimate of drug-likeness (QED) is 0.0266. The van der Waals surface area contributed by atoms with E-state index in [-0.39, 0.29) is 11.9 Å². The second-order valence-electron chi connectivity index (χ2n) is 14.6. The maximum absolute atomic E-state index is 11.5. The minimum absolute atomic E-state index is 0.0211. The maximum Gasteiger partial charge on any atom is 0.305 e. The molecule has 0 aromatic rings. The normalized spacial score (nSPS) is 11.6. The summed E-state index contributed by atoms with van der Waals surface area (Å²) >= 11 is 6.80. The first kappa shape index (κ1) is 55.0. The third kappa shape index (κ3) is 53.0. The summed E-state index contributed by atoms with van der Waals surface area (Å²) in [6.07, 6.45) is 55.7. The van der Waals surface area contributed by atoms with Gasteiger partial charge in [-0.15, -0.1) is 0 Å². The zero-order chi connectivity index (χ0) is 39.7. The van der Waals surface area contributed by atoms with Crippen molar-refractivity contribution in [2.24, 2.45) is 0 Å². The smallest absolute Gasteiger partial charge is 0.305 e. The van der Waals surface area contributed by atoms with Crippen molar-refractivity contribution in [3.63, 3.8) is 0 Å². The zero-order valence-corrected chi connectivity index (χ0v) is 38.6. The van der Waals surface area contributed by atoms with Crippen LogP contribution in [0.15, 0.2) is 48.6 Å². The number of allylic oxidation sites excluding steroid dienone is 8. The van der Waals surface area contributed by atoms with Crippen LogP contribution < -0.4 is 0 Å². The highest BCUT2D eigenvalue weighted by atomic mass is 79.9. The number of hydrogen-bond donors (Lipinski definition) is 0. The molecule has 0 N–H and O–H groups in total. The summed E-state index contributed by atoms with van der Waals surface area (Å²) in [5.74, 6) is -0.0423. The third-order valence-electron chi connectivity index (χ3n) is 9.25. The molecule has 0 radical (unpaired) electrons. The van der Waals surface area contributed by atoms with E-state index >= 15 is 0 Å². The van der Waals surface area contributed by atoms with Crippen molar-refractivity contribution in [3.05, 3.63) is 48.6 Å². The third-order valence-corrected chi connectivity index (χ3v) is 10.4. The van der Waals surface area contributed by atoms with Gasteiger partial charge < -0.3 is 9.47 Å². The van der Waals surface area contributed by atoms with Crippen molar-refractivity contribution in [3.8, 4) is 0 Å². The molecule has 0 rings (SSSR count). The number of carbonyl (C=O) groups excluding carboxylic acids is 2. The number of esters is 2. The second kappa shape index (κ2) is 51.9. The largest absolute Gasteiger partial charge is 0.466 e. The highest BCUT2D eigenvalue weighted by Crippen LogP contribution is 2.11. The number of hydrogen-bond acceptors (Lipinski definition) is 4. The molecular weight excluding hydrogens is 800 g/mol. The van der Waals surface area contributed by atoms with Gasteiger partial charge in [-0.1, -0.05) is 184 Å². The molecule has 0 aliphatic heterocycles. The predicted molar refractivity (Wildman–Crippen MR) is 245 cm³/mol. The van der Waals surface area contributed by atoms with E-state index in [1.165, 1.54) is 128 Å². The number of carbonyl (C=O) groups is 2. The molecule has 0 unspecified atom stereocenters. The molecule has 0 aliphatic rings. The van der Waals surface area contributed by atoms with Gasteiger partial charge in [-0.05, 0) is 103 Å². The van der Waals surface area contributed by atoms with Gasteiger partial charge in [0.15, 0.2) is 0 Å². The fourth-order valence-electron chi connectivity index (χ4n) is 5.78. The molecule has 0 fully saturated rings. The summed E-state index contributed by atoms with van der Waals surface area (Å²) in [4.78, 5) is 23.0. The number of halogens is 2. The molecule has 0 heterocycles. The molecule has 316 valence electrons. The molecular formula is C48H86Br2O4. The Hall–Kier alpha value is -1.14. The standard InChI is InChI=1S/2C24H43BrO2/c2*1-2-3-4-5-6-7-8-9-10-11-12-13-14-15-16-20-23-27-24(26)21-18-17-19-22-25/h2*6-7,9-10H,2-5,8,11-23H2,1H3/b2*7-6-,10-9-. The van der Waals surface area contributed by atoms with Gasteiger partial charge in [0.05, 0.1) is 13.2 Å². The number of rotatable bonds is 40. The topological polar surface area (TPSA) is 52.6 Å². The first-order chi connectivity index (χ1) is 26.6. The average molecular weight is 887 g/mol. The molecule has 0 bridgehead atoms. The summed E-state index contributed by atoms with van der Waals surface area (Å²) in [6.45, 7) is 5.70. The molecule has 4 nitrogen and oxygen atoms in total. The lowest BCUT2D eigenvalue weighted by Crippen LogP contribution is -2.05. The predicted octanol–water partition coefficient (Wildman–Crippen LogP) is 16.6. The highest BCUT2D eigenvalue weighted by molar-refractivity contribution is 9.09. The van der Waals surface area contributed by atoms with E-state index in [0.717, 1.165) is 74.9 Å². The molecule has 0 saturated carbocycles. The fraction of sp³-hybridized carbons (Fsp3) is 0.792. The van der Waals surface area contributed by atoms with E-state index in [9.17, 15) is 9.59 Å². The van der Waals surface area contributed by atoms with Gasteiger partial charge in [0.1, 0.15) is 0 Å². The zero-order valence-electron chi connectivity index (χ0n) is 35.5. The molecule has 0 amide bonds. The number of unbranched alkanes of at least 4 members (excludes halogenated alkanes) is 22. The Bertz CT molecular complexity index is 797. The van der Waals surface area contributed by atoms with Crippen molar-refractivity contribution < 1.29 is 19.1 Å². The average Bonchev–Trinajstić information content (AvgIpc) is 3.18. The number of ether oxygens (including phenoxy) is 2. The van der Waals surface area contributed by atoms with E-state index in [1.54, 1.807) is 0 Å². The van der Waals surface area contributed by atoms with Crippen molar-refractivity contribution >= 4 is 43.8 Å². The van der Waals surface area contributed by atoms with E-state index in [0.29, 0.717) is 26.1 Å². The lowest BCUT2D eigenvalue weighted by atomic mass is 10.1. The van der Waals surface area contributed by atoms with Crippen molar-refractivity contribution in [1.29, 1.82) is 0 Å². The van der Waals surface area contributed by atoms with Gasteiger partial charge >= 0.3 is 11.9 Å². The van der Waals surface area contributed by atoms with Crippen LogP contribution in [-0.2, 0) is 19.1 Å². The second-order valence-corrected chi connectivity index (χ2v) is 16.2. The van der Waals surface area contributed by atoms with Crippen LogP contribution in [0.25, 0.3) is 0 Å². The van der Waals surface area contributed by atoms with Crippen LogP contribution in [-0.4, -0.2) is 35.8 Å². The maximum atomic E-state index is 11.5. The van der Waals surface area contributed by atoms with Crippen LogP contribution in [0.3, 0.4) is 0 Å². The SMILES string of the molecule is CCCCC/C=C\C/C=C\CCCCCCCCOC(=O)CCCCCBr.CCCCC/C=C\C/C=C\CCCCCCCCOC(=O)CCCCCBr. The molecule has 0 atom stereocenters. The van der Waals surface area contributed by atoms with Crippen LogP contribution in [0.2, 0.25) is 0 Å². The van der Waals surface area contributed by atoms with Gasteiger partial charge in [0.25, 0.3) is 0 Å². The molecule has 0 aliphatic carbocycles. The van der Waals surface area contributed by atoms with E-state index in [2.05, 4.69) is 94.3 Å². The van der Waals surface area contributed by atoms with Crippen molar-refractivity contribution in [1.82, 2.24) is 0 Å². The van der Waals surface area contributed by atoms with E-state index in [1.807, 2.05) is 0 Å². The molecule has 0 saturated heterocycles. The fourth-order valence-corrected chi connectivity index (χ4v) is 6.57. The Morgan fingerprint density at radius 3 is 1.00 bits per heavy atom. The lowest BCUT2D eigenvalue weighted by Gasteiger charge is -2.05. The summed E-state index contributed by atoms with van der Waals surface area (Å²) in [6, 6.07) is 0. The van der Waals surface area contributed by atoms with Gasteiger partial charge in [0, 0.05) is 23.5 Å². The van der Waals surface area contributed by atoms with Crippen LogP contribution >= 0.6 is 31.9 Å². The van der Waals surface area contributed by atoms with Crippen LogP contribution in [0.4, 0.5) is 0 Å². The summed E-state index contributed by atoms with van der Waals surface area (Å²) in [5.41, 5.74) is 0. The van der Waals surface area contributed by atoms with Crippen LogP contribution in [0, 0.1) is 0 Å². The van der Waals surface area contributed by atoms with E-state index < -0.39 is 0 Å². The molecule has 0 spiro atoms. The number of alkyl halides is 2. The summed E-state index contributed by atoms with van der Waals surface area (Å²) < 4.78 is 10.6. The lowest BCUT2D eigenvalue weighted by molar-refractivity contribution is -0.144. The summed E-state index contributed by atoms with van der Waals surface area (Å²) in [5, 5.41) is 2.05. The Balaban J connectivity index is 0. The van der Waals surface area contributed by atoms with E-state index in [4.69, 9.17) is 9.47 Å². The first-order valence-corrected chi connectivity index (χ1v) is 24.9. The van der Waals surface area contributed by atoms with Crippen molar-refractivity contribution in [2.75, 3.05) is 23.9 Å². The minimum Gasteiger partial charge on any atom is -0.466 e. The van der Waals surface area contributed by atoms with Gasteiger partial charge in [-0.3, -0.25) is 9.59 Å². The van der Waals surface area contributed by atoms with Gasteiger partial charge in [0.2, 0.25) is 0 Å².